The van der Waals surface area contributed by atoms with Crippen LogP contribution < -0.4 is 16.2 Å². The normalized spacial score (nSPS) is 18.6. The van der Waals surface area contributed by atoms with E-state index in [1.807, 2.05) is 18.5 Å². The average molecular weight is 421 g/mol. The third-order valence-electron chi connectivity index (χ3n) is 5.33. The van der Waals surface area contributed by atoms with Gasteiger partial charge in [-0.05, 0) is 43.8 Å². The molecule has 31 heavy (non-hydrogen) atoms. The molecule has 0 radical (unpaired) electrons. The first kappa shape index (κ1) is 20.5. The molecule has 0 aliphatic carbocycles. The zero-order valence-corrected chi connectivity index (χ0v) is 17.6. The Bertz CT molecular complexity index is 1200. The van der Waals surface area contributed by atoms with E-state index in [1.165, 1.54) is 24.5 Å². The van der Waals surface area contributed by atoms with Crippen LogP contribution in [0.15, 0.2) is 47.4 Å². The Morgan fingerprint density at radius 1 is 1.35 bits per heavy atom. The number of nitrogens with zero attached hydrogens (tertiary/aromatic N) is 5. The number of halogens is 1. The summed E-state index contributed by atoms with van der Waals surface area (Å²) in [5, 5.41) is 4.54. The van der Waals surface area contributed by atoms with Crippen LogP contribution in [0.5, 0.6) is 5.88 Å². The zero-order chi connectivity index (χ0) is 22.1. The fourth-order valence-corrected chi connectivity index (χ4v) is 3.85. The van der Waals surface area contributed by atoms with Crippen molar-refractivity contribution in [2.24, 2.45) is 10.7 Å². The maximum absolute atomic E-state index is 14.2. The van der Waals surface area contributed by atoms with Gasteiger partial charge in [0.25, 0.3) is 5.88 Å². The molecule has 3 aromatic rings. The minimum absolute atomic E-state index is 0.138. The summed E-state index contributed by atoms with van der Waals surface area (Å²) in [7, 11) is 1.67. The van der Waals surface area contributed by atoms with E-state index in [1.54, 1.807) is 19.3 Å². The molecule has 0 amide bonds. The monoisotopic (exact) mass is 421 g/mol. The van der Waals surface area contributed by atoms with Crippen molar-refractivity contribution in [1.29, 1.82) is 0 Å². The molecule has 1 aromatic carbocycles. The second-order valence-corrected chi connectivity index (χ2v) is 7.21. The molecular weight excluding hydrogens is 397 g/mol. The maximum atomic E-state index is 14.2. The van der Waals surface area contributed by atoms with Gasteiger partial charge in [0.15, 0.2) is 5.82 Å². The maximum Gasteiger partial charge on any atom is 0.258 e. The second-order valence-electron chi connectivity index (χ2n) is 7.21. The molecule has 0 saturated carbocycles. The van der Waals surface area contributed by atoms with Crippen LogP contribution in [0.2, 0.25) is 0 Å². The Morgan fingerprint density at radius 3 is 2.87 bits per heavy atom. The van der Waals surface area contributed by atoms with Crippen LogP contribution in [0.3, 0.4) is 0 Å². The Kier molecular flexibility index (Phi) is 5.41. The van der Waals surface area contributed by atoms with Crippen molar-refractivity contribution in [3.63, 3.8) is 0 Å². The van der Waals surface area contributed by atoms with Gasteiger partial charge in [0, 0.05) is 36.7 Å². The van der Waals surface area contributed by atoms with Crippen molar-refractivity contribution in [2.45, 2.75) is 32.9 Å². The highest BCUT2D eigenvalue weighted by Crippen LogP contribution is 2.36. The van der Waals surface area contributed by atoms with Gasteiger partial charge < -0.3 is 16.2 Å². The van der Waals surface area contributed by atoms with E-state index >= 15 is 0 Å². The molecule has 1 aliphatic heterocycles. The number of hydrogen-bond acceptors (Lipinski definition) is 7. The smallest absolute Gasteiger partial charge is 0.258 e. The van der Waals surface area contributed by atoms with Gasteiger partial charge in [-0.2, -0.15) is 5.10 Å². The lowest BCUT2D eigenvalue weighted by atomic mass is 9.93. The van der Waals surface area contributed by atoms with Crippen molar-refractivity contribution in [1.82, 2.24) is 19.7 Å². The number of hydrogen-bond donors (Lipinski definition) is 2. The van der Waals surface area contributed by atoms with Gasteiger partial charge in [0.05, 0.1) is 23.8 Å². The Labute approximate surface area is 179 Å². The first-order chi connectivity index (χ1) is 15.0. The van der Waals surface area contributed by atoms with E-state index in [0.717, 1.165) is 22.4 Å². The standard InChI is InChI=1S/C22H24FN7O/c1-4-30-20-14(10-28-30)7-13(9-24)19(26-3)18-11-27-21(25)22(29-18)31-12(2)17-8-15(23)5-6-16(17)20/h5-6,8-12H,4,7,24H2,1-3H3,(H2,25,27). The largest absolute Gasteiger partial charge is 0.467 e. The Morgan fingerprint density at radius 2 is 2.16 bits per heavy atom. The van der Waals surface area contributed by atoms with Crippen LogP contribution in [0.1, 0.15) is 36.8 Å². The summed E-state index contributed by atoms with van der Waals surface area (Å²) in [6, 6.07) is 4.64. The number of allylic oxidation sites excluding steroid dienone is 1. The lowest BCUT2D eigenvalue weighted by molar-refractivity contribution is 0.218. The van der Waals surface area contributed by atoms with E-state index < -0.39 is 6.10 Å². The van der Waals surface area contributed by atoms with Gasteiger partial charge in [0.1, 0.15) is 17.6 Å². The first-order valence-electron chi connectivity index (χ1n) is 9.98. The molecule has 4 N–H and O–H groups in total. The van der Waals surface area contributed by atoms with Gasteiger partial charge in [-0.25, -0.2) is 14.4 Å². The van der Waals surface area contributed by atoms with Gasteiger partial charge in [0.2, 0.25) is 0 Å². The van der Waals surface area contributed by atoms with E-state index in [0.29, 0.717) is 29.9 Å². The molecular formula is C22H24FN7O. The second kappa shape index (κ2) is 8.17. The molecule has 1 atom stereocenters. The summed E-state index contributed by atoms with van der Waals surface area (Å²) in [5.74, 6) is -0.0673. The third-order valence-corrected chi connectivity index (χ3v) is 5.33. The number of benzene rings is 1. The van der Waals surface area contributed by atoms with Crippen LogP contribution in [0, 0.1) is 5.82 Å². The van der Waals surface area contributed by atoms with Gasteiger partial charge >= 0.3 is 0 Å². The highest BCUT2D eigenvalue weighted by Gasteiger charge is 2.25. The van der Waals surface area contributed by atoms with Crippen molar-refractivity contribution < 1.29 is 9.13 Å². The Balaban J connectivity index is 2.02. The SMILES string of the molecule is CCn1ncc2c1-c1ccc(F)cc1C(C)Oc1nc(cnc1N)C(=NC)C(=CN)C2. The van der Waals surface area contributed by atoms with Crippen LogP contribution in [0.4, 0.5) is 10.2 Å². The number of nitrogen functional groups attached to an aromatic ring is 1. The van der Waals surface area contributed by atoms with Gasteiger partial charge in [-0.15, -0.1) is 0 Å². The number of fused-ring (bicyclic) bond motifs is 5. The minimum Gasteiger partial charge on any atom is -0.467 e. The van der Waals surface area contributed by atoms with E-state index in [-0.39, 0.29) is 17.5 Å². The topological polar surface area (TPSA) is 117 Å². The van der Waals surface area contributed by atoms with E-state index in [9.17, 15) is 4.39 Å². The number of nitrogens with two attached hydrogens (primary N) is 2. The highest BCUT2D eigenvalue weighted by atomic mass is 19.1. The summed E-state index contributed by atoms with van der Waals surface area (Å²) in [6.07, 6.45) is 4.77. The number of aryl methyl sites for hydroxylation is 1. The van der Waals surface area contributed by atoms with Crippen LogP contribution in [-0.2, 0) is 13.0 Å². The molecule has 4 rings (SSSR count). The predicted molar refractivity (Wildman–Crippen MR) is 117 cm³/mol. The summed E-state index contributed by atoms with van der Waals surface area (Å²) >= 11 is 0. The molecule has 3 heterocycles. The fraction of sp³-hybridized carbons (Fsp3) is 0.273. The summed E-state index contributed by atoms with van der Waals surface area (Å²) < 4.78 is 22.2. The van der Waals surface area contributed by atoms with Crippen molar-refractivity contribution >= 4 is 11.5 Å². The molecule has 2 aromatic heterocycles. The quantitative estimate of drug-likeness (QED) is 0.624. The molecule has 0 fully saturated rings. The summed E-state index contributed by atoms with van der Waals surface area (Å²) in [4.78, 5) is 13.1. The van der Waals surface area contributed by atoms with Gasteiger partial charge in [-0.1, -0.05) is 0 Å². The average Bonchev–Trinajstić information content (AvgIpc) is 3.17. The molecule has 0 spiro atoms. The number of rotatable bonds is 1. The van der Waals surface area contributed by atoms with E-state index in [2.05, 4.69) is 20.1 Å². The molecule has 9 heteroatoms. The molecule has 160 valence electrons. The lowest BCUT2D eigenvalue weighted by Gasteiger charge is -2.22. The summed E-state index contributed by atoms with van der Waals surface area (Å²) in [6.45, 7) is 4.48. The minimum atomic E-state index is -0.545. The predicted octanol–water partition coefficient (Wildman–Crippen LogP) is 3.04. The van der Waals surface area contributed by atoms with Crippen LogP contribution >= 0.6 is 0 Å². The zero-order valence-electron chi connectivity index (χ0n) is 17.6. The molecule has 1 aliphatic rings. The number of aromatic nitrogens is 4. The van der Waals surface area contributed by atoms with Crippen LogP contribution in [-0.4, -0.2) is 32.5 Å². The Hall–Kier alpha value is -3.75. The molecule has 1 unspecified atom stereocenters. The highest BCUT2D eigenvalue weighted by molar-refractivity contribution is 6.11. The first-order valence-corrected chi connectivity index (χ1v) is 9.98. The number of aliphatic imine (C=N–C) groups is 1. The van der Waals surface area contributed by atoms with E-state index in [4.69, 9.17) is 16.2 Å². The molecule has 8 nitrogen and oxygen atoms in total. The number of anilines is 1. The number of ether oxygens (including phenoxy) is 1. The van der Waals surface area contributed by atoms with Crippen molar-refractivity contribution in [2.75, 3.05) is 12.8 Å². The van der Waals surface area contributed by atoms with Gasteiger partial charge in [-0.3, -0.25) is 9.67 Å². The van der Waals surface area contributed by atoms with Crippen molar-refractivity contribution in [3.8, 4) is 17.1 Å². The van der Waals surface area contributed by atoms with Crippen molar-refractivity contribution in [3.05, 3.63) is 65.0 Å². The van der Waals surface area contributed by atoms with Crippen LogP contribution in [0.25, 0.3) is 11.3 Å². The fourth-order valence-electron chi connectivity index (χ4n) is 3.85. The molecule has 2 bridgehead atoms. The third kappa shape index (κ3) is 3.63. The molecule has 0 saturated heterocycles. The lowest BCUT2D eigenvalue weighted by Crippen LogP contribution is -2.17. The summed E-state index contributed by atoms with van der Waals surface area (Å²) in [5.41, 5.74) is 17.1.